The van der Waals surface area contributed by atoms with Crippen LogP contribution in [0.25, 0.3) is 10.9 Å². The molecule has 7 heteroatoms. The summed E-state index contributed by atoms with van der Waals surface area (Å²) in [7, 11) is 0. The summed E-state index contributed by atoms with van der Waals surface area (Å²) < 4.78 is 11.0. The second-order valence-corrected chi connectivity index (χ2v) is 6.33. The van der Waals surface area contributed by atoms with Crippen LogP contribution in [-0.4, -0.2) is 45.7 Å². The number of nitrogens with zero attached hydrogens (tertiary/aromatic N) is 3. The Morgan fingerprint density at radius 3 is 3.04 bits per heavy atom. The number of hydrogen-bond acceptors (Lipinski definition) is 5. The Bertz CT molecular complexity index is 914. The van der Waals surface area contributed by atoms with Crippen molar-refractivity contribution in [2.45, 2.75) is 26.3 Å². The van der Waals surface area contributed by atoms with Crippen LogP contribution in [-0.2, 0) is 16.0 Å². The summed E-state index contributed by atoms with van der Waals surface area (Å²) >= 11 is 0. The van der Waals surface area contributed by atoms with Crippen LogP contribution >= 0.6 is 0 Å². The van der Waals surface area contributed by atoms with Crippen LogP contribution < -0.4 is 0 Å². The summed E-state index contributed by atoms with van der Waals surface area (Å²) in [4.78, 5) is 18.0. The lowest BCUT2D eigenvalue weighted by Gasteiger charge is -2.33. The van der Waals surface area contributed by atoms with Crippen molar-refractivity contribution in [2.24, 2.45) is 0 Å². The van der Waals surface area contributed by atoms with E-state index in [1.165, 1.54) is 0 Å². The van der Waals surface area contributed by atoms with Crippen LogP contribution in [0.1, 0.15) is 29.0 Å². The summed E-state index contributed by atoms with van der Waals surface area (Å²) in [5, 5.41) is 9.05. The van der Waals surface area contributed by atoms with Gasteiger partial charge >= 0.3 is 0 Å². The smallest absolute Gasteiger partial charge is 0.241 e. The molecule has 1 amide bonds. The molecule has 0 bridgehead atoms. The molecule has 1 saturated heterocycles. The zero-order valence-electron chi connectivity index (χ0n) is 14.3. The standard InChI is InChI=1S/C18H20N4O3/c1-11-4-3-5-14-17(11)13(9-19-14)8-16(23)22-6-7-24-10-15(22)18-21-20-12(2)25-18/h3-5,9,15,19H,6-8,10H2,1-2H3. The van der Waals surface area contributed by atoms with Gasteiger partial charge in [0.05, 0.1) is 19.6 Å². The van der Waals surface area contributed by atoms with Crippen LogP contribution in [0.4, 0.5) is 0 Å². The number of aromatic nitrogens is 3. The number of amides is 1. The highest BCUT2D eigenvalue weighted by atomic mass is 16.5. The van der Waals surface area contributed by atoms with E-state index in [2.05, 4.69) is 28.2 Å². The number of ether oxygens (including phenoxy) is 1. The number of carbonyl (C=O) groups excluding carboxylic acids is 1. The van der Waals surface area contributed by atoms with Crippen LogP contribution in [0, 0.1) is 13.8 Å². The highest BCUT2D eigenvalue weighted by Crippen LogP contribution is 2.27. The van der Waals surface area contributed by atoms with Crippen molar-refractivity contribution in [3.63, 3.8) is 0 Å². The van der Waals surface area contributed by atoms with E-state index in [-0.39, 0.29) is 11.9 Å². The Kier molecular flexibility index (Phi) is 4.01. The largest absolute Gasteiger partial charge is 0.423 e. The van der Waals surface area contributed by atoms with Crippen molar-refractivity contribution in [3.8, 4) is 0 Å². The maximum atomic E-state index is 13.0. The molecular formula is C18H20N4O3. The fourth-order valence-electron chi connectivity index (χ4n) is 3.41. The second kappa shape index (κ2) is 6.33. The molecule has 0 aliphatic carbocycles. The highest BCUT2D eigenvalue weighted by Gasteiger charge is 2.32. The van der Waals surface area contributed by atoms with E-state index >= 15 is 0 Å². The lowest BCUT2D eigenvalue weighted by molar-refractivity contribution is -0.140. The van der Waals surface area contributed by atoms with Gasteiger partial charge in [-0.25, -0.2) is 0 Å². The molecule has 1 aliphatic heterocycles. The molecule has 2 aromatic heterocycles. The fourth-order valence-corrected chi connectivity index (χ4v) is 3.41. The quantitative estimate of drug-likeness (QED) is 0.791. The van der Waals surface area contributed by atoms with Gasteiger partial charge in [-0.2, -0.15) is 0 Å². The molecule has 3 heterocycles. The number of rotatable bonds is 3. The predicted molar refractivity (Wildman–Crippen MR) is 91.0 cm³/mol. The van der Waals surface area contributed by atoms with Gasteiger partial charge in [-0.15, -0.1) is 10.2 Å². The average Bonchev–Trinajstić information content (AvgIpc) is 3.22. The number of morpholine rings is 1. The molecule has 0 radical (unpaired) electrons. The van der Waals surface area contributed by atoms with Gasteiger partial charge in [0.15, 0.2) is 0 Å². The Morgan fingerprint density at radius 1 is 1.36 bits per heavy atom. The van der Waals surface area contributed by atoms with Crippen LogP contribution in [0.5, 0.6) is 0 Å². The van der Waals surface area contributed by atoms with Crippen molar-refractivity contribution in [1.29, 1.82) is 0 Å². The summed E-state index contributed by atoms with van der Waals surface area (Å²) in [6.45, 7) is 5.21. The highest BCUT2D eigenvalue weighted by molar-refractivity contribution is 5.91. The molecule has 1 atom stereocenters. The molecule has 1 fully saturated rings. The van der Waals surface area contributed by atoms with Crippen LogP contribution in [0.3, 0.4) is 0 Å². The van der Waals surface area contributed by atoms with E-state index in [1.807, 2.05) is 18.3 Å². The molecule has 130 valence electrons. The molecule has 0 saturated carbocycles. The average molecular weight is 340 g/mol. The third kappa shape index (κ3) is 2.91. The minimum Gasteiger partial charge on any atom is -0.423 e. The van der Waals surface area contributed by atoms with Crippen LogP contribution in [0.2, 0.25) is 0 Å². The predicted octanol–water partition coefficient (Wildman–Crippen LogP) is 2.31. The number of nitrogens with one attached hydrogen (secondary N) is 1. The molecule has 25 heavy (non-hydrogen) atoms. The minimum atomic E-state index is -0.325. The van der Waals surface area contributed by atoms with Crippen LogP contribution in [0.15, 0.2) is 28.8 Å². The first kappa shape index (κ1) is 15.8. The molecular weight excluding hydrogens is 320 g/mol. The van der Waals surface area contributed by atoms with E-state index in [1.54, 1.807) is 11.8 Å². The summed E-state index contributed by atoms with van der Waals surface area (Å²) in [5.41, 5.74) is 3.21. The molecule has 3 aromatic rings. The number of benzene rings is 1. The molecule has 7 nitrogen and oxygen atoms in total. The van der Waals surface area contributed by atoms with E-state index in [4.69, 9.17) is 9.15 Å². The third-order valence-electron chi connectivity index (χ3n) is 4.61. The number of aryl methyl sites for hydroxylation is 2. The van der Waals surface area contributed by atoms with Gasteiger partial charge in [0.25, 0.3) is 0 Å². The maximum Gasteiger partial charge on any atom is 0.241 e. The molecule has 0 spiro atoms. The monoisotopic (exact) mass is 340 g/mol. The maximum absolute atomic E-state index is 13.0. The fraction of sp³-hybridized carbons (Fsp3) is 0.389. The molecule has 1 aromatic carbocycles. The zero-order valence-corrected chi connectivity index (χ0v) is 14.3. The number of hydrogen-bond donors (Lipinski definition) is 1. The van der Waals surface area contributed by atoms with Gasteiger partial charge in [-0.1, -0.05) is 12.1 Å². The van der Waals surface area contributed by atoms with Crippen molar-refractivity contribution < 1.29 is 13.9 Å². The summed E-state index contributed by atoms with van der Waals surface area (Å²) in [6.07, 6.45) is 2.25. The van der Waals surface area contributed by atoms with Gasteiger partial charge < -0.3 is 19.0 Å². The first-order valence-corrected chi connectivity index (χ1v) is 8.36. The summed E-state index contributed by atoms with van der Waals surface area (Å²) in [6, 6.07) is 5.77. The van der Waals surface area contributed by atoms with Crippen molar-refractivity contribution >= 4 is 16.8 Å². The van der Waals surface area contributed by atoms with Gasteiger partial charge in [-0.05, 0) is 24.1 Å². The van der Waals surface area contributed by atoms with Crippen molar-refractivity contribution in [2.75, 3.05) is 19.8 Å². The van der Waals surface area contributed by atoms with Gasteiger partial charge in [-0.3, -0.25) is 4.79 Å². The van der Waals surface area contributed by atoms with Crippen molar-refractivity contribution in [1.82, 2.24) is 20.1 Å². The SMILES string of the molecule is Cc1nnc(C2COCCN2C(=O)Cc2c[nH]c3cccc(C)c23)o1. The van der Waals surface area contributed by atoms with Gasteiger partial charge in [0.1, 0.15) is 6.04 Å². The lowest BCUT2D eigenvalue weighted by Crippen LogP contribution is -2.44. The van der Waals surface area contributed by atoms with E-state index < -0.39 is 0 Å². The third-order valence-corrected chi connectivity index (χ3v) is 4.61. The van der Waals surface area contributed by atoms with Gasteiger partial charge in [0.2, 0.25) is 17.7 Å². The second-order valence-electron chi connectivity index (χ2n) is 6.33. The zero-order chi connectivity index (χ0) is 17.4. The first-order valence-electron chi connectivity index (χ1n) is 8.36. The Balaban J connectivity index is 1.60. The van der Waals surface area contributed by atoms with E-state index in [0.717, 1.165) is 22.0 Å². The minimum absolute atomic E-state index is 0.0355. The molecule has 1 aliphatic rings. The summed E-state index contributed by atoms with van der Waals surface area (Å²) in [5.74, 6) is 0.953. The number of H-pyrrole nitrogens is 1. The number of carbonyl (C=O) groups is 1. The number of fused-ring (bicyclic) bond motifs is 1. The normalized spacial score (nSPS) is 18.0. The Hall–Kier alpha value is -2.67. The van der Waals surface area contributed by atoms with E-state index in [0.29, 0.717) is 38.0 Å². The molecule has 1 unspecified atom stereocenters. The van der Waals surface area contributed by atoms with Crippen molar-refractivity contribution in [3.05, 3.63) is 47.3 Å². The Labute approximate surface area is 145 Å². The molecule has 1 N–H and O–H groups in total. The lowest BCUT2D eigenvalue weighted by atomic mass is 10.0. The topological polar surface area (TPSA) is 84.3 Å². The Morgan fingerprint density at radius 2 is 2.24 bits per heavy atom. The molecule has 4 rings (SSSR count). The van der Waals surface area contributed by atoms with E-state index in [9.17, 15) is 4.79 Å². The van der Waals surface area contributed by atoms with Gasteiger partial charge in [0, 0.05) is 30.6 Å². The number of aromatic amines is 1. The first-order chi connectivity index (χ1) is 12.1.